The van der Waals surface area contributed by atoms with E-state index in [4.69, 9.17) is 10.5 Å². The third-order valence-electron chi connectivity index (χ3n) is 3.13. The Hall–Kier alpha value is -1.23. The van der Waals surface area contributed by atoms with Gasteiger partial charge in [-0.3, -0.25) is 0 Å². The van der Waals surface area contributed by atoms with Gasteiger partial charge in [0.25, 0.3) is 0 Å². The van der Waals surface area contributed by atoms with Crippen LogP contribution in [0.25, 0.3) is 0 Å². The normalized spacial score (nSPS) is 11.8. The zero-order chi connectivity index (χ0) is 13.8. The minimum absolute atomic E-state index is 0.153. The Labute approximate surface area is 109 Å². The molecule has 102 valence electrons. The van der Waals surface area contributed by atoms with Crippen LogP contribution in [-0.2, 0) is 9.84 Å². The highest BCUT2D eigenvalue weighted by Gasteiger charge is 2.23. The molecule has 2 N–H and O–H groups in total. The number of nitrogens with two attached hydrogens (primary N) is 1. The molecule has 4 nitrogen and oxygen atoms in total. The fourth-order valence-corrected chi connectivity index (χ4v) is 3.86. The molecule has 0 bridgehead atoms. The number of benzene rings is 1. The number of hydrogen-bond donors (Lipinski definition) is 1. The van der Waals surface area contributed by atoms with Crippen molar-refractivity contribution in [3.05, 3.63) is 18.2 Å². The molecule has 0 radical (unpaired) electrons. The molecular weight excluding hydrogens is 250 g/mol. The van der Waals surface area contributed by atoms with Gasteiger partial charge in [-0.05, 0) is 18.1 Å². The second-order valence-corrected chi connectivity index (χ2v) is 6.38. The molecule has 0 spiro atoms. The van der Waals surface area contributed by atoms with Crippen molar-refractivity contribution in [1.29, 1.82) is 0 Å². The summed E-state index contributed by atoms with van der Waals surface area (Å²) in [5, 5.41) is 0. The summed E-state index contributed by atoms with van der Waals surface area (Å²) in [6.45, 7) is 4.01. The van der Waals surface area contributed by atoms with Crippen molar-refractivity contribution in [2.24, 2.45) is 5.92 Å². The Balaban J connectivity index is 3.12. The van der Waals surface area contributed by atoms with Gasteiger partial charge in [0.15, 0.2) is 9.84 Å². The van der Waals surface area contributed by atoms with E-state index in [0.29, 0.717) is 11.4 Å². The Bertz CT molecular complexity index is 493. The summed E-state index contributed by atoms with van der Waals surface area (Å²) in [7, 11) is -1.87. The van der Waals surface area contributed by atoms with Gasteiger partial charge in [-0.25, -0.2) is 8.42 Å². The smallest absolute Gasteiger partial charge is 0.182 e. The van der Waals surface area contributed by atoms with Crippen LogP contribution in [0.1, 0.15) is 26.7 Å². The van der Waals surface area contributed by atoms with Gasteiger partial charge in [-0.15, -0.1) is 0 Å². The zero-order valence-electron chi connectivity index (χ0n) is 11.1. The Morgan fingerprint density at radius 2 is 1.89 bits per heavy atom. The quantitative estimate of drug-likeness (QED) is 0.807. The third kappa shape index (κ3) is 3.38. The van der Waals surface area contributed by atoms with Crippen molar-refractivity contribution in [2.75, 3.05) is 18.6 Å². The van der Waals surface area contributed by atoms with Crippen molar-refractivity contribution in [1.82, 2.24) is 0 Å². The minimum Gasteiger partial charge on any atom is -0.495 e. The van der Waals surface area contributed by atoms with Gasteiger partial charge in [-0.1, -0.05) is 26.7 Å². The number of nitrogen functional groups attached to an aromatic ring is 1. The van der Waals surface area contributed by atoms with Crippen molar-refractivity contribution in [2.45, 2.75) is 31.6 Å². The Morgan fingerprint density at radius 1 is 1.28 bits per heavy atom. The number of methoxy groups -OCH3 is 1. The van der Waals surface area contributed by atoms with Crippen LogP contribution in [0.3, 0.4) is 0 Å². The first-order valence-corrected chi connectivity index (χ1v) is 7.76. The highest BCUT2D eigenvalue weighted by atomic mass is 32.2. The summed E-state index contributed by atoms with van der Waals surface area (Å²) >= 11 is 0. The van der Waals surface area contributed by atoms with E-state index in [1.54, 1.807) is 12.1 Å². The lowest BCUT2D eigenvalue weighted by molar-refractivity contribution is 0.402. The summed E-state index contributed by atoms with van der Waals surface area (Å²) in [6, 6.07) is 4.65. The molecular formula is C13H21NO3S. The lowest BCUT2D eigenvalue weighted by Gasteiger charge is -2.15. The number of hydrogen-bond acceptors (Lipinski definition) is 4. The monoisotopic (exact) mass is 271 g/mol. The van der Waals surface area contributed by atoms with E-state index in [1.165, 1.54) is 13.2 Å². The predicted molar refractivity (Wildman–Crippen MR) is 73.5 cm³/mol. The lowest BCUT2D eigenvalue weighted by Crippen LogP contribution is -2.16. The number of rotatable bonds is 6. The first-order valence-electron chi connectivity index (χ1n) is 6.10. The number of sulfone groups is 1. The van der Waals surface area contributed by atoms with Crippen molar-refractivity contribution < 1.29 is 13.2 Å². The van der Waals surface area contributed by atoms with E-state index < -0.39 is 9.84 Å². The molecule has 1 rings (SSSR count). The fraction of sp³-hybridized carbons (Fsp3) is 0.538. The summed E-state index contributed by atoms with van der Waals surface area (Å²) < 4.78 is 29.8. The molecule has 0 aliphatic carbocycles. The summed E-state index contributed by atoms with van der Waals surface area (Å²) in [5.74, 6) is 0.651. The maximum absolute atomic E-state index is 12.3. The Morgan fingerprint density at radius 3 is 2.39 bits per heavy atom. The average molecular weight is 271 g/mol. The van der Waals surface area contributed by atoms with Gasteiger partial charge >= 0.3 is 0 Å². The molecule has 0 saturated heterocycles. The molecule has 0 saturated carbocycles. The average Bonchev–Trinajstić information content (AvgIpc) is 2.35. The highest BCUT2D eigenvalue weighted by Crippen LogP contribution is 2.28. The number of ether oxygens (including phenoxy) is 1. The van der Waals surface area contributed by atoms with Gasteiger partial charge in [-0.2, -0.15) is 0 Å². The zero-order valence-corrected chi connectivity index (χ0v) is 12.0. The van der Waals surface area contributed by atoms with Gasteiger partial charge in [0.05, 0.1) is 12.9 Å². The van der Waals surface area contributed by atoms with Crippen LogP contribution < -0.4 is 10.5 Å². The second-order valence-electron chi connectivity index (χ2n) is 4.37. The first kappa shape index (κ1) is 14.8. The molecule has 1 aromatic rings. The summed E-state index contributed by atoms with van der Waals surface area (Å²) in [4.78, 5) is 0.228. The largest absolute Gasteiger partial charge is 0.495 e. The van der Waals surface area contributed by atoms with Crippen molar-refractivity contribution in [3.8, 4) is 5.75 Å². The standard InChI is InChI=1S/C13H21NO3S/c1-4-10(5-2)9-18(15,16)13-7-6-11(14)8-12(13)17-3/h6-8,10H,4-5,9,14H2,1-3H3. The molecule has 0 aliphatic heterocycles. The first-order chi connectivity index (χ1) is 8.44. The second kappa shape index (κ2) is 6.09. The van der Waals surface area contributed by atoms with Crippen molar-refractivity contribution >= 4 is 15.5 Å². The predicted octanol–water partition coefficient (Wildman–Crippen LogP) is 2.49. The molecule has 0 fully saturated rings. The van der Waals surface area contributed by atoms with E-state index in [2.05, 4.69) is 0 Å². The van der Waals surface area contributed by atoms with Gasteiger partial charge < -0.3 is 10.5 Å². The SMILES string of the molecule is CCC(CC)CS(=O)(=O)c1ccc(N)cc1OC. The lowest BCUT2D eigenvalue weighted by atomic mass is 10.1. The molecule has 0 aromatic heterocycles. The molecule has 0 atom stereocenters. The molecule has 1 aromatic carbocycles. The van der Waals surface area contributed by atoms with Crippen LogP contribution in [0.15, 0.2) is 23.1 Å². The van der Waals surface area contributed by atoms with Gasteiger partial charge in [0.2, 0.25) is 0 Å². The minimum atomic E-state index is -3.32. The topological polar surface area (TPSA) is 69.4 Å². The van der Waals surface area contributed by atoms with Gasteiger partial charge in [0, 0.05) is 11.8 Å². The van der Waals surface area contributed by atoms with Crippen LogP contribution >= 0.6 is 0 Å². The van der Waals surface area contributed by atoms with Crippen molar-refractivity contribution in [3.63, 3.8) is 0 Å². The van der Waals surface area contributed by atoms with Crippen LogP contribution in [0.4, 0.5) is 5.69 Å². The third-order valence-corrected chi connectivity index (χ3v) is 5.05. The van der Waals surface area contributed by atoms with Crippen LogP contribution in [0.2, 0.25) is 0 Å². The maximum Gasteiger partial charge on any atom is 0.182 e. The van der Waals surface area contributed by atoms with E-state index >= 15 is 0 Å². The molecule has 18 heavy (non-hydrogen) atoms. The van der Waals surface area contributed by atoms with E-state index in [9.17, 15) is 8.42 Å². The summed E-state index contributed by atoms with van der Waals surface area (Å²) in [6.07, 6.45) is 1.71. The van der Waals surface area contributed by atoms with E-state index in [-0.39, 0.29) is 16.6 Å². The fourth-order valence-electron chi connectivity index (χ4n) is 1.87. The molecule has 0 unspecified atom stereocenters. The molecule has 5 heteroatoms. The highest BCUT2D eigenvalue weighted by molar-refractivity contribution is 7.91. The van der Waals surface area contributed by atoms with Crippen LogP contribution in [0, 0.1) is 5.92 Å². The molecule has 0 aliphatic rings. The molecule has 0 amide bonds. The van der Waals surface area contributed by atoms with Crippen LogP contribution in [0.5, 0.6) is 5.75 Å². The van der Waals surface area contributed by atoms with E-state index in [1.807, 2.05) is 13.8 Å². The van der Waals surface area contributed by atoms with Crippen LogP contribution in [-0.4, -0.2) is 21.3 Å². The molecule has 0 heterocycles. The number of anilines is 1. The van der Waals surface area contributed by atoms with Gasteiger partial charge in [0.1, 0.15) is 10.6 Å². The van der Waals surface area contributed by atoms with E-state index in [0.717, 1.165) is 12.8 Å². The maximum atomic E-state index is 12.3. The summed E-state index contributed by atoms with van der Waals surface area (Å²) in [5.41, 5.74) is 6.12. The Kier molecular flexibility index (Phi) is 5.02.